The summed E-state index contributed by atoms with van der Waals surface area (Å²) in [6.45, 7) is 0. The number of hydrogen-bond acceptors (Lipinski definition) is 7. The van der Waals surface area contributed by atoms with Crippen LogP contribution >= 0.6 is 0 Å². The van der Waals surface area contributed by atoms with Gasteiger partial charge < -0.3 is 14.2 Å². The van der Waals surface area contributed by atoms with E-state index in [1.54, 1.807) is 12.1 Å². The minimum absolute atomic E-state index is 0.00778. The Morgan fingerprint density at radius 1 is 1.03 bits per heavy atom. The topological polar surface area (TPSA) is 116 Å². The lowest BCUT2D eigenvalue weighted by Crippen LogP contribution is -2.44. The maximum atomic E-state index is 13.2. The first kappa shape index (κ1) is 26.7. The van der Waals surface area contributed by atoms with Crippen LogP contribution in [0.5, 0.6) is 5.75 Å². The van der Waals surface area contributed by atoms with E-state index in [0.717, 1.165) is 5.56 Å². The zero-order valence-corrected chi connectivity index (χ0v) is 18.9. The molecule has 5 atom stereocenters. The van der Waals surface area contributed by atoms with Crippen LogP contribution < -0.4 is 4.74 Å². The van der Waals surface area contributed by atoms with Crippen LogP contribution in [0.1, 0.15) is 29.5 Å². The molecule has 6 radical (unpaired) electrons. The van der Waals surface area contributed by atoms with Crippen LogP contribution in [0.25, 0.3) is 0 Å². The number of benzene rings is 1. The Hall–Kier alpha value is -1.92. The molecule has 0 saturated carbocycles. The highest BCUT2D eigenvalue weighted by atomic mass is 32.2. The smallest absolute Gasteiger partial charge is 0.317 e. The van der Waals surface area contributed by atoms with Crippen molar-refractivity contribution in [3.63, 3.8) is 0 Å². The van der Waals surface area contributed by atoms with Gasteiger partial charge in [0.25, 0.3) is 16.5 Å². The number of esters is 2. The van der Waals surface area contributed by atoms with Crippen molar-refractivity contribution in [1.82, 2.24) is 0 Å². The van der Waals surface area contributed by atoms with E-state index in [9.17, 15) is 26.8 Å². The maximum absolute atomic E-state index is 13.2. The Labute approximate surface area is 200 Å². The quantitative estimate of drug-likeness (QED) is 0.217. The third-order valence-corrected chi connectivity index (χ3v) is 6.67. The number of alkyl halides is 2. The second-order valence-electron chi connectivity index (χ2n) is 8.18. The van der Waals surface area contributed by atoms with E-state index in [1.807, 2.05) is 0 Å². The van der Waals surface area contributed by atoms with Crippen molar-refractivity contribution in [1.29, 1.82) is 0 Å². The fourth-order valence-corrected chi connectivity index (χ4v) is 5.05. The predicted octanol–water partition coefficient (Wildman–Crippen LogP) is 0.456. The Balaban J connectivity index is 1.84. The van der Waals surface area contributed by atoms with Gasteiger partial charge in [0.15, 0.2) is 6.10 Å². The van der Waals surface area contributed by atoms with E-state index in [-0.39, 0.29) is 24.7 Å². The Morgan fingerprint density at radius 3 is 2.00 bits per heavy atom. The predicted molar refractivity (Wildman–Crippen MR) is 118 cm³/mol. The van der Waals surface area contributed by atoms with Gasteiger partial charge in [-0.05, 0) is 24.0 Å². The average molecular weight is 492 g/mol. The van der Waals surface area contributed by atoms with Crippen LogP contribution in [0.3, 0.4) is 0 Å². The Morgan fingerprint density at radius 2 is 1.56 bits per heavy atom. The summed E-state index contributed by atoms with van der Waals surface area (Å²) >= 11 is 0. The van der Waals surface area contributed by atoms with E-state index in [4.69, 9.17) is 42.3 Å². The molecule has 1 aromatic carbocycles. The summed E-state index contributed by atoms with van der Waals surface area (Å²) in [4.78, 5) is 25.9. The van der Waals surface area contributed by atoms with E-state index in [0.29, 0.717) is 24.0 Å². The highest BCUT2D eigenvalue weighted by molar-refractivity contribution is 7.85. The fourth-order valence-electron chi connectivity index (χ4n) is 4.42. The van der Waals surface area contributed by atoms with Gasteiger partial charge in [0.05, 0.1) is 47.6 Å². The molecule has 0 aromatic heterocycles. The molecule has 0 spiro atoms. The first-order valence-electron chi connectivity index (χ1n) is 10.5. The highest BCUT2D eigenvalue weighted by Crippen LogP contribution is 2.45. The number of halogens is 2. The third-order valence-electron chi connectivity index (χ3n) is 5.92. The van der Waals surface area contributed by atoms with Crippen molar-refractivity contribution in [2.45, 2.75) is 56.5 Å². The van der Waals surface area contributed by atoms with Crippen LogP contribution in [0, 0.1) is 11.8 Å². The molecule has 2 aliphatic rings. The second kappa shape index (κ2) is 10.8. The fraction of sp³-hybridized carbons (Fsp3) is 0.600. The van der Waals surface area contributed by atoms with Gasteiger partial charge in [-0.3, -0.25) is 14.1 Å². The van der Waals surface area contributed by atoms with Crippen molar-refractivity contribution in [2.75, 3.05) is 5.75 Å². The SMILES string of the molecule is [B]Cc1cc(C[B])c(OC(=O)C2C3CCC(O3)C2C(=O)OC(CS(=O)(=O)O)C(F)F)c(C[B])c1. The number of carbonyl (C=O) groups is 2. The van der Waals surface area contributed by atoms with Crippen molar-refractivity contribution >= 4 is 45.6 Å². The minimum Gasteiger partial charge on any atom is -0.455 e. The second-order valence-corrected chi connectivity index (χ2v) is 9.67. The molecule has 1 aromatic rings. The van der Waals surface area contributed by atoms with Crippen molar-refractivity contribution < 1.29 is 45.6 Å². The maximum Gasteiger partial charge on any atom is 0.317 e. The van der Waals surface area contributed by atoms with E-state index in [2.05, 4.69) is 0 Å². The standard InChI is InChI=1S/C20H21B3F2O8S/c21-5-9-3-10(6-22)17(11(4-9)7-23)33-20(27)16-13-2-1-12(31-13)15(16)19(26)32-14(18(24)25)8-34(28,29)30/h3-4,12-16,18H,1-2,5-8H2,(H,28,29,30). The first-order valence-corrected chi connectivity index (χ1v) is 12.2. The van der Waals surface area contributed by atoms with Crippen molar-refractivity contribution in [3.8, 4) is 5.75 Å². The van der Waals surface area contributed by atoms with Crippen LogP contribution in [-0.2, 0) is 48.1 Å². The summed E-state index contributed by atoms with van der Waals surface area (Å²) < 4.78 is 73.3. The summed E-state index contributed by atoms with van der Waals surface area (Å²) in [5, 5.41) is 0. The van der Waals surface area contributed by atoms with E-state index < -0.39 is 64.4 Å². The Kier molecular flexibility index (Phi) is 8.46. The molecule has 3 rings (SSSR count). The molecule has 8 nitrogen and oxygen atoms in total. The lowest BCUT2D eigenvalue weighted by atomic mass is 9.79. The molecule has 2 bridgehead atoms. The highest BCUT2D eigenvalue weighted by Gasteiger charge is 2.57. The number of fused-ring (bicyclic) bond motifs is 2. The molecule has 0 amide bonds. The molecule has 178 valence electrons. The molecule has 2 saturated heterocycles. The molecule has 5 unspecified atom stereocenters. The van der Waals surface area contributed by atoms with Gasteiger partial charge in [-0.25, -0.2) is 8.78 Å². The van der Waals surface area contributed by atoms with E-state index in [1.165, 1.54) is 0 Å². The molecule has 34 heavy (non-hydrogen) atoms. The molecular weight excluding hydrogens is 471 g/mol. The number of ether oxygens (including phenoxy) is 3. The first-order chi connectivity index (χ1) is 16.0. The normalized spacial score (nSPS) is 24.8. The molecule has 14 heteroatoms. The molecule has 2 fully saturated rings. The number of rotatable bonds is 10. The van der Waals surface area contributed by atoms with Gasteiger partial charge in [-0.15, -0.1) is 0 Å². The summed E-state index contributed by atoms with van der Waals surface area (Å²) in [7, 11) is 12.4. The van der Waals surface area contributed by atoms with Crippen LogP contribution in [0.15, 0.2) is 12.1 Å². The monoisotopic (exact) mass is 492 g/mol. The molecular formula is C20H21B3F2O8S. The zero-order chi connectivity index (χ0) is 25.2. The molecule has 2 heterocycles. The van der Waals surface area contributed by atoms with Gasteiger partial charge in [-0.2, -0.15) is 8.42 Å². The molecule has 2 aliphatic heterocycles. The molecule has 0 aliphatic carbocycles. The largest absolute Gasteiger partial charge is 0.455 e. The minimum atomic E-state index is -4.85. The van der Waals surface area contributed by atoms with Crippen molar-refractivity contribution in [3.05, 3.63) is 28.8 Å². The Bertz CT molecular complexity index is 1010. The lowest BCUT2D eigenvalue weighted by molar-refractivity contribution is -0.166. The number of carbonyl (C=O) groups excluding carboxylic acids is 2. The summed E-state index contributed by atoms with van der Waals surface area (Å²) in [5.41, 5.74) is 1.65. The van der Waals surface area contributed by atoms with Crippen molar-refractivity contribution in [2.24, 2.45) is 11.8 Å². The number of hydrogen-bond donors (Lipinski definition) is 1. The zero-order valence-electron chi connectivity index (χ0n) is 18.1. The van der Waals surface area contributed by atoms with E-state index >= 15 is 0 Å². The van der Waals surface area contributed by atoms with Crippen LogP contribution in [-0.4, -0.2) is 78.9 Å². The molecule has 1 N–H and O–H groups in total. The van der Waals surface area contributed by atoms with Gasteiger partial charge >= 0.3 is 11.9 Å². The van der Waals surface area contributed by atoms with Crippen LogP contribution in [0.2, 0.25) is 0 Å². The van der Waals surface area contributed by atoms with Gasteiger partial charge in [0, 0.05) is 0 Å². The van der Waals surface area contributed by atoms with Crippen LogP contribution in [0.4, 0.5) is 8.78 Å². The third kappa shape index (κ3) is 5.83. The summed E-state index contributed by atoms with van der Waals surface area (Å²) in [6, 6.07) is 3.32. The summed E-state index contributed by atoms with van der Waals surface area (Å²) in [5.74, 6) is -5.93. The van der Waals surface area contributed by atoms with Gasteiger partial charge in [0.2, 0.25) is 0 Å². The van der Waals surface area contributed by atoms with Gasteiger partial charge in [-0.1, -0.05) is 36.7 Å². The van der Waals surface area contributed by atoms with Gasteiger partial charge in [0.1, 0.15) is 11.5 Å². The average Bonchev–Trinajstić information content (AvgIpc) is 3.39. The summed E-state index contributed by atoms with van der Waals surface area (Å²) in [6.07, 6.45) is -6.27. The lowest BCUT2D eigenvalue weighted by Gasteiger charge is -2.27.